The minimum atomic E-state index is -4.75. The third-order valence-corrected chi connectivity index (χ3v) is 8.22. The van der Waals surface area contributed by atoms with E-state index in [0.717, 1.165) is 22.7 Å². The number of carbonyl (C=O) groups is 1. The van der Waals surface area contributed by atoms with Gasteiger partial charge in [0, 0.05) is 10.0 Å². The van der Waals surface area contributed by atoms with Crippen LogP contribution in [0.2, 0.25) is 0 Å². The molecule has 3 N–H and O–H groups in total. The van der Waals surface area contributed by atoms with E-state index in [2.05, 4.69) is 26.3 Å². The zero-order valence-corrected chi connectivity index (χ0v) is 25.9. The Bertz CT molecular complexity index is 1730. The van der Waals surface area contributed by atoms with E-state index < -0.39 is 45.7 Å². The van der Waals surface area contributed by atoms with Gasteiger partial charge in [0.1, 0.15) is 11.4 Å². The van der Waals surface area contributed by atoms with Crippen LogP contribution < -0.4 is 9.50 Å². The lowest BCUT2D eigenvalue weighted by Crippen LogP contribution is -2.48. The summed E-state index contributed by atoms with van der Waals surface area (Å²) in [5.41, 5.74) is 0.408. The molecule has 3 aromatic carbocycles. The molecule has 0 saturated heterocycles. The molecule has 0 aliphatic carbocycles. The first-order chi connectivity index (χ1) is 20.6. The average molecular weight is 694 g/mol. The molecular formula is C29H28BBrF3N3O6S. The van der Waals surface area contributed by atoms with Crippen LogP contribution in [-0.2, 0) is 27.6 Å². The highest BCUT2D eigenvalue weighted by Gasteiger charge is 2.32. The summed E-state index contributed by atoms with van der Waals surface area (Å²) in [6, 6.07) is 17.9. The molecule has 4 rings (SSSR count). The first-order valence-corrected chi connectivity index (χ1v) is 15.5. The molecule has 44 heavy (non-hydrogen) atoms. The third kappa shape index (κ3) is 8.28. The van der Waals surface area contributed by atoms with Gasteiger partial charge in [0.15, 0.2) is 5.75 Å². The van der Waals surface area contributed by atoms with Crippen LogP contribution in [0.15, 0.2) is 88.2 Å². The van der Waals surface area contributed by atoms with E-state index in [1.54, 1.807) is 36.4 Å². The van der Waals surface area contributed by atoms with Gasteiger partial charge in [-0.25, -0.2) is 0 Å². The van der Waals surface area contributed by atoms with Crippen molar-refractivity contribution in [2.24, 2.45) is 5.92 Å². The fourth-order valence-electron chi connectivity index (χ4n) is 4.42. The van der Waals surface area contributed by atoms with E-state index in [1.165, 1.54) is 22.9 Å². The fraction of sp³-hybridized carbons (Fsp3) is 0.241. The summed E-state index contributed by atoms with van der Waals surface area (Å²) < 4.78 is 73.3. The number of hydrogen-bond acceptors (Lipinski definition) is 7. The lowest BCUT2D eigenvalue weighted by molar-refractivity contribution is -0.137. The van der Waals surface area contributed by atoms with E-state index in [4.69, 9.17) is 4.18 Å². The zero-order chi connectivity index (χ0) is 32.2. The van der Waals surface area contributed by atoms with Crippen LogP contribution in [0.1, 0.15) is 25.8 Å². The number of benzene rings is 3. The molecule has 1 heterocycles. The average Bonchev–Trinajstić information content (AvgIpc) is 3.35. The molecule has 0 saturated carbocycles. The summed E-state index contributed by atoms with van der Waals surface area (Å²) in [5, 5.41) is 26.6. The molecule has 0 aliphatic heterocycles. The summed E-state index contributed by atoms with van der Waals surface area (Å²) in [7, 11) is -6.46. The fourth-order valence-corrected chi connectivity index (χ4v) is 5.68. The summed E-state index contributed by atoms with van der Waals surface area (Å²) >= 11 is 3.38. The number of aromatic nitrogens is 2. The molecule has 1 aromatic heterocycles. The van der Waals surface area contributed by atoms with Crippen molar-refractivity contribution in [1.29, 1.82) is 0 Å². The molecule has 0 fully saturated rings. The molecule has 4 aromatic rings. The highest BCUT2D eigenvalue weighted by Crippen LogP contribution is 2.35. The molecule has 0 spiro atoms. The maximum Gasteiger partial charge on any atom is 0.475 e. The predicted molar refractivity (Wildman–Crippen MR) is 162 cm³/mol. The smallest absolute Gasteiger partial charge is 0.426 e. The van der Waals surface area contributed by atoms with Gasteiger partial charge in [0.05, 0.1) is 22.9 Å². The van der Waals surface area contributed by atoms with Crippen molar-refractivity contribution in [3.05, 3.63) is 88.9 Å². The molecule has 232 valence electrons. The van der Waals surface area contributed by atoms with E-state index in [9.17, 15) is 36.4 Å². The van der Waals surface area contributed by atoms with Gasteiger partial charge in [0.25, 0.3) is 0 Å². The number of nitrogens with one attached hydrogen (secondary N) is 1. The van der Waals surface area contributed by atoms with Crippen LogP contribution in [0.4, 0.5) is 13.2 Å². The normalized spacial score (nSPS) is 12.7. The Hall–Kier alpha value is -3.66. The van der Waals surface area contributed by atoms with Gasteiger partial charge in [-0.2, -0.15) is 26.7 Å². The lowest BCUT2D eigenvalue weighted by Gasteiger charge is -2.20. The minimum absolute atomic E-state index is 0.0699. The van der Waals surface area contributed by atoms with Gasteiger partial charge in [-0.05, 0) is 66.4 Å². The minimum Gasteiger partial charge on any atom is -0.426 e. The van der Waals surface area contributed by atoms with Crippen LogP contribution in [0.25, 0.3) is 22.5 Å². The molecule has 1 amide bonds. The second-order valence-corrected chi connectivity index (χ2v) is 12.8. The standard InChI is InChI=1S/C29H28BBrF3N3O6S/c1-18(2)14-27(30(39)40)35-28(38)17-37-25(19-10-12-21(31)13-11-19)16-24(36-37)23-8-3-4-9-26(23)43-44(41,42)22-7-5-6-20(15-22)29(32,33)34/h3-13,15-16,18,27,39-40H,14,17H2,1-2H3,(H,35,38)/t27-/m0/s1. The highest BCUT2D eigenvalue weighted by molar-refractivity contribution is 9.10. The van der Waals surface area contributed by atoms with Gasteiger partial charge in [-0.1, -0.05) is 60.1 Å². The highest BCUT2D eigenvalue weighted by atomic mass is 79.9. The van der Waals surface area contributed by atoms with E-state index in [-0.39, 0.29) is 29.5 Å². The molecule has 15 heteroatoms. The maximum atomic E-state index is 13.2. The lowest BCUT2D eigenvalue weighted by atomic mass is 9.75. The second kappa shape index (κ2) is 13.5. The number of halogens is 4. The second-order valence-electron chi connectivity index (χ2n) is 10.4. The van der Waals surface area contributed by atoms with Gasteiger partial charge >= 0.3 is 23.4 Å². The molecule has 0 aliphatic rings. The molecular weight excluding hydrogens is 666 g/mol. The van der Waals surface area contributed by atoms with E-state index in [0.29, 0.717) is 23.7 Å². The molecule has 1 atom stereocenters. The monoisotopic (exact) mass is 693 g/mol. The number of para-hydroxylation sites is 1. The van der Waals surface area contributed by atoms with Crippen molar-refractivity contribution in [1.82, 2.24) is 15.1 Å². The summed E-state index contributed by atoms with van der Waals surface area (Å²) in [6.07, 6.45) is -4.44. The van der Waals surface area contributed by atoms with Gasteiger partial charge in [0.2, 0.25) is 5.91 Å². The number of amides is 1. The molecule has 0 bridgehead atoms. The first-order valence-electron chi connectivity index (χ1n) is 13.3. The van der Waals surface area contributed by atoms with Crippen LogP contribution in [0.5, 0.6) is 5.75 Å². The Morgan fingerprint density at radius 1 is 1.05 bits per heavy atom. The predicted octanol–water partition coefficient (Wildman–Crippen LogP) is 5.31. The third-order valence-electron chi connectivity index (χ3n) is 6.46. The van der Waals surface area contributed by atoms with Crippen LogP contribution >= 0.6 is 15.9 Å². The van der Waals surface area contributed by atoms with Gasteiger partial charge in [-0.15, -0.1) is 0 Å². The van der Waals surface area contributed by atoms with Gasteiger partial charge in [-0.3, -0.25) is 9.48 Å². The maximum absolute atomic E-state index is 13.2. The number of rotatable bonds is 11. The quantitative estimate of drug-likeness (QED) is 0.143. The van der Waals surface area contributed by atoms with Crippen molar-refractivity contribution < 1.29 is 40.6 Å². The van der Waals surface area contributed by atoms with E-state index in [1.807, 2.05) is 13.8 Å². The van der Waals surface area contributed by atoms with E-state index >= 15 is 0 Å². The Labute approximate surface area is 261 Å². The van der Waals surface area contributed by atoms with Crippen molar-refractivity contribution in [3.8, 4) is 28.3 Å². The van der Waals surface area contributed by atoms with Crippen LogP contribution in [0, 0.1) is 5.92 Å². The number of alkyl halides is 3. The summed E-state index contributed by atoms with van der Waals surface area (Å²) in [4.78, 5) is 12.3. The Morgan fingerprint density at radius 3 is 2.36 bits per heavy atom. The number of nitrogens with zero attached hydrogens (tertiary/aromatic N) is 2. The number of carbonyl (C=O) groups excluding carboxylic acids is 1. The first kappa shape index (κ1) is 33.2. The van der Waals surface area contributed by atoms with Crippen molar-refractivity contribution >= 4 is 39.1 Å². The zero-order valence-electron chi connectivity index (χ0n) is 23.5. The SMILES string of the molecule is CC(C)C[C@H](NC(=O)Cn1nc(-c2ccccc2OS(=O)(=O)c2cccc(C(F)(F)F)c2)cc1-c1ccc(Br)cc1)B(O)O. The van der Waals surface area contributed by atoms with Crippen molar-refractivity contribution in [2.75, 3.05) is 0 Å². The van der Waals surface area contributed by atoms with Crippen LogP contribution in [-0.4, -0.2) is 47.2 Å². The van der Waals surface area contributed by atoms with Gasteiger partial charge < -0.3 is 19.5 Å². The Morgan fingerprint density at radius 2 is 1.73 bits per heavy atom. The number of hydrogen-bond donors (Lipinski definition) is 3. The Balaban J connectivity index is 1.71. The van der Waals surface area contributed by atoms with Crippen LogP contribution in [0.3, 0.4) is 0 Å². The summed E-state index contributed by atoms with van der Waals surface area (Å²) in [5.74, 6) is -1.58. The molecule has 9 nitrogen and oxygen atoms in total. The topological polar surface area (TPSA) is 131 Å². The largest absolute Gasteiger partial charge is 0.475 e. The molecule has 0 radical (unpaired) electrons. The summed E-state index contributed by atoms with van der Waals surface area (Å²) in [6.45, 7) is 3.43. The van der Waals surface area contributed by atoms with Crippen molar-refractivity contribution in [3.63, 3.8) is 0 Å². The Kier molecular flexibility index (Phi) is 10.2. The van der Waals surface area contributed by atoms with Crippen molar-refractivity contribution in [2.45, 2.75) is 43.8 Å². The molecule has 0 unspecified atom stereocenters.